The molecular formula is C71H141N2O7P. The van der Waals surface area contributed by atoms with Crippen molar-refractivity contribution >= 4 is 19.7 Å². The van der Waals surface area contributed by atoms with E-state index in [1.54, 1.807) is 0 Å². The monoisotopic (exact) mass is 1170 g/mol. The van der Waals surface area contributed by atoms with Crippen molar-refractivity contribution in [3.8, 4) is 0 Å². The number of ether oxygens (including phenoxy) is 1. The number of carbonyl (C=O) groups excluding carboxylic acids is 2. The van der Waals surface area contributed by atoms with E-state index in [9.17, 15) is 19.0 Å². The number of quaternary nitrogens is 1. The molecule has 3 unspecified atom stereocenters. The van der Waals surface area contributed by atoms with Gasteiger partial charge in [-0.25, -0.2) is 0 Å². The summed E-state index contributed by atoms with van der Waals surface area (Å²) in [6, 6.07) is -0.880. The predicted octanol–water partition coefficient (Wildman–Crippen LogP) is 22.1. The van der Waals surface area contributed by atoms with Crippen molar-refractivity contribution in [2.24, 2.45) is 0 Å². The molecule has 3 atom stereocenters. The maximum atomic E-state index is 13.6. The molecule has 0 aromatic heterocycles. The molecule has 0 aliphatic heterocycles. The third-order valence-electron chi connectivity index (χ3n) is 16.7. The molecular weight excluding hydrogens is 1020 g/mol. The smallest absolute Gasteiger partial charge is 0.306 e. The number of carbonyl (C=O) groups is 2. The van der Waals surface area contributed by atoms with Gasteiger partial charge < -0.3 is 28.5 Å². The lowest BCUT2D eigenvalue weighted by Gasteiger charge is -2.30. The predicted molar refractivity (Wildman–Crippen MR) is 349 cm³/mol. The molecule has 0 spiro atoms. The summed E-state index contributed by atoms with van der Waals surface area (Å²) in [4.78, 5) is 40.1. The van der Waals surface area contributed by atoms with E-state index >= 15 is 0 Å². The minimum absolute atomic E-state index is 0.0165. The highest BCUT2D eigenvalue weighted by Gasteiger charge is 2.27. The second-order valence-electron chi connectivity index (χ2n) is 26.1. The molecule has 0 aliphatic rings. The molecule has 0 radical (unpaired) electrons. The molecule has 0 rings (SSSR count). The largest absolute Gasteiger partial charge is 0.756 e. The maximum absolute atomic E-state index is 13.6. The maximum Gasteiger partial charge on any atom is 0.306 e. The Kier molecular flexibility index (Phi) is 60.9. The molecule has 0 aromatic rings. The Labute approximate surface area is 505 Å². The summed E-state index contributed by atoms with van der Waals surface area (Å²) in [7, 11) is 1.21. The van der Waals surface area contributed by atoms with Crippen LogP contribution in [0.25, 0.3) is 0 Å². The molecule has 0 aliphatic carbocycles. The van der Waals surface area contributed by atoms with E-state index < -0.39 is 20.0 Å². The summed E-state index contributed by atoms with van der Waals surface area (Å²) in [5.74, 6) is -0.514. The molecule has 1 N–H and O–H groups in total. The number of esters is 1. The van der Waals surface area contributed by atoms with E-state index in [4.69, 9.17) is 13.8 Å². The molecule has 1 amide bonds. The zero-order chi connectivity index (χ0) is 59.3. The normalized spacial score (nSPS) is 13.5. The summed E-state index contributed by atoms with van der Waals surface area (Å²) in [5, 5.41) is 3.05. The summed E-state index contributed by atoms with van der Waals surface area (Å²) >= 11 is 0. The first-order valence-corrected chi connectivity index (χ1v) is 37.5. The second kappa shape index (κ2) is 61.8. The van der Waals surface area contributed by atoms with Crippen LogP contribution < -0.4 is 10.2 Å². The Morgan fingerprint density at radius 3 is 1.01 bits per heavy atom. The molecule has 0 saturated heterocycles. The summed E-state index contributed by atoms with van der Waals surface area (Å²) < 4.78 is 30.4. The quantitative estimate of drug-likeness (QED) is 0.0212. The fourth-order valence-electron chi connectivity index (χ4n) is 11.2. The lowest BCUT2D eigenvalue weighted by molar-refractivity contribution is -0.870. The molecule has 0 aromatic carbocycles. The van der Waals surface area contributed by atoms with Gasteiger partial charge >= 0.3 is 5.97 Å². The Morgan fingerprint density at radius 1 is 0.420 bits per heavy atom. The van der Waals surface area contributed by atoms with E-state index in [0.29, 0.717) is 17.4 Å². The van der Waals surface area contributed by atoms with Gasteiger partial charge in [0.15, 0.2) is 0 Å². The number of amides is 1. The molecule has 0 saturated carbocycles. The number of nitrogens with zero attached hydrogens (tertiary/aromatic N) is 1. The first-order chi connectivity index (χ1) is 39.4. The second-order valence-corrected chi connectivity index (χ2v) is 27.5. The molecule has 0 fully saturated rings. The third-order valence-corrected chi connectivity index (χ3v) is 17.7. The summed E-state index contributed by atoms with van der Waals surface area (Å²) in [5.41, 5.74) is 0. The molecule has 10 heteroatoms. The number of nitrogens with one attached hydrogen (secondary N) is 1. The standard InChI is InChI=1S/C71H141N2O7P/c1-7-10-13-16-19-22-25-27-29-31-33-34-35-36-37-38-40-42-44-46-49-52-55-58-61-64-71(75)80-69(62-59-56-53-50-47-24-21-18-15-12-9-3)68(67-79-81(76,77)78-66-65-73(4,5)6)72-70(74)63-60-57-54-51-48-45-43-41-39-32-30-28-26-23-20-17-14-11-8-2/h59,62,68-69H,7-58,60-61,63-67H2,1-6H3,(H-,72,74,76,77)/b62-59-. The van der Waals surface area contributed by atoms with Gasteiger partial charge in [0.2, 0.25) is 5.91 Å². The fourth-order valence-corrected chi connectivity index (χ4v) is 11.9. The van der Waals surface area contributed by atoms with Crippen LogP contribution in [0.2, 0.25) is 0 Å². The Hall–Kier alpha value is -1.25. The van der Waals surface area contributed by atoms with Crippen LogP contribution in [0.4, 0.5) is 0 Å². The van der Waals surface area contributed by atoms with E-state index in [0.717, 1.165) is 57.8 Å². The molecule has 482 valence electrons. The summed E-state index contributed by atoms with van der Waals surface area (Å²) in [6.07, 6.45) is 73.4. The zero-order valence-corrected chi connectivity index (χ0v) is 56.2. The molecule has 0 heterocycles. The van der Waals surface area contributed by atoms with Gasteiger partial charge in [0.05, 0.1) is 33.8 Å². The van der Waals surface area contributed by atoms with Crippen molar-refractivity contribution < 1.29 is 37.3 Å². The number of allylic oxidation sites excluding steroid dienone is 1. The highest BCUT2D eigenvalue weighted by Crippen LogP contribution is 2.38. The van der Waals surface area contributed by atoms with Crippen LogP contribution in [0.3, 0.4) is 0 Å². The van der Waals surface area contributed by atoms with Crippen molar-refractivity contribution in [2.75, 3.05) is 40.9 Å². The first kappa shape index (κ1) is 79.8. The average Bonchev–Trinajstić information content (AvgIpc) is 3.44. The van der Waals surface area contributed by atoms with Crippen molar-refractivity contribution in [1.82, 2.24) is 5.32 Å². The number of hydrogen-bond acceptors (Lipinski definition) is 7. The number of phosphoric ester groups is 1. The van der Waals surface area contributed by atoms with E-state index in [1.807, 2.05) is 33.3 Å². The highest BCUT2D eigenvalue weighted by atomic mass is 31.2. The topological polar surface area (TPSA) is 114 Å². The van der Waals surface area contributed by atoms with Gasteiger partial charge in [-0.2, -0.15) is 0 Å². The Morgan fingerprint density at radius 2 is 0.704 bits per heavy atom. The Balaban J connectivity index is 4.95. The van der Waals surface area contributed by atoms with Crippen molar-refractivity contribution in [3.63, 3.8) is 0 Å². The van der Waals surface area contributed by atoms with Gasteiger partial charge in [-0.05, 0) is 31.8 Å². The van der Waals surface area contributed by atoms with Crippen LogP contribution >= 0.6 is 7.82 Å². The molecule has 0 bridgehead atoms. The van der Waals surface area contributed by atoms with E-state index in [1.165, 1.54) is 289 Å². The zero-order valence-electron chi connectivity index (χ0n) is 55.3. The van der Waals surface area contributed by atoms with Gasteiger partial charge in [0, 0.05) is 12.8 Å². The van der Waals surface area contributed by atoms with Crippen LogP contribution in [-0.4, -0.2) is 69.4 Å². The Bertz CT molecular complexity index is 1390. The number of unbranched alkanes of at least 4 members (excludes halogenated alkanes) is 51. The van der Waals surface area contributed by atoms with Gasteiger partial charge in [0.1, 0.15) is 19.3 Å². The highest BCUT2D eigenvalue weighted by molar-refractivity contribution is 7.45. The third kappa shape index (κ3) is 63.1. The van der Waals surface area contributed by atoms with Crippen LogP contribution in [0.15, 0.2) is 12.2 Å². The SMILES string of the molecule is CCCCCCCCCCC/C=C\C(OC(=O)CCCCCCCCCCCCCCCCCCCCCCCCCCC)C(COP(=O)([O-])OCC[N+](C)(C)C)NC(=O)CCCCCCCCCCCCCCCCCCCCC. The fraction of sp³-hybridized carbons (Fsp3) is 0.944. The van der Waals surface area contributed by atoms with E-state index in [2.05, 4.69) is 26.1 Å². The average molecular weight is 1170 g/mol. The first-order valence-electron chi connectivity index (χ1n) is 36.0. The lowest BCUT2D eigenvalue weighted by Crippen LogP contribution is -2.47. The van der Waals surface area contributed by atoms with Gasteiger partial charge in [-0.1, -0.05) is 348 Å². The molecule has 9 nitrogen and oxygen atoms in total. The van der Waals surface area contributed by atoms with Crippen LogP contribution in [0, 0.1) is 0 Å². The van der Waals surface area contributed by atoms with E-state index in [-0.39, 0.29) is 31.5 Å². The number of likely N-dealkylation sites (N-methyl/N-ethyl adjacent to an activating group) is 1. The van der Waals surface area contributed by atoms with Crippen molar-refractivity contribution in [1.29, 1.82) is 0 Å². The van der Waals surface area contributed by atoms with Crippen LogP contribution in [-0.2, 0) is 27.9 Å². The minimum atomic E-state index is -4.69. The summed E-state index contributed by atoms with van der Waals surface area (Å²) in [6.45, 7) is 6.92. The number of phosphoric acid groups is 1. The van der Waals surface area contributed by atoms with Gasteiger partial charge in [-0.15, -0.1) is 0 Å². The van der Waals surface area contributed by atoms with Crippen molar-refractivity contribution in [3.05, 3.63) is 12.2 Å². The molecule has 81 heavy (non-hydrogen) atoms. The van der Waals surface area contributed by atoms with Crippen LogP contribution in [0.1, 0.15) is 380 Å². The minimum Gasteiger partial charge on any atom is -0.756 e. The van der Waals surface area contributed by atoms with Crippen LogP contribution in [0.5, 0.6) is 0 Å². The van der Waals surface area contributed by atoms with Crippen molar-refractivity contribution in [2.45, 2.75) is 392 Å². The van der Waals surface area contributed by atoms with Gasteiger partial charge in [-0.3, -0.25) is 14.2 Å². The van der Waals surface area contributed by atoms with Gasteiger partial charge in [0.25, 0.3) is 7.82 Å². The number of hydrogen-bond donors (Lipinski definition) is 1. The lowest BCUT2D eigenvalue weighted by atomic mass is 10.0. The number of rotatable bonds is 67.